The third-order valence-corrected chi connectivity index (χ3v) is 4.15. The van der Waals surface area contributed by atoms with E-state index in [4.69, 9.17) is 0 Å². The van der Waals surface area contributed by atoms with E-state index in [1.807, 2.05) is 13.0 Å². The van der Waals surface area contributed by atoms with Gasteiger partial charge in [-0.1, -0.05) is 25.7 Å². The van der Waals surface area contributed by atoms with E-state index in [9.17, 15) is 9.90 Å². The van der Waals surface area contributed by atoms with Crippen molar-refractivity contribution in [3.8, 4) is 0 Å². The summed E-state index contributed by atoms with van der Waals surface area (Å²) in [5.74, 6) is -0.659. The molecule has 2 rings (SSSR count). The largest absolute Gasteiger partial charge is 0.481 e. The monoisotopic (exact) mass is 262 g/mol. The molecule has 0 unspecified atom stereocenters. The zero-order valence-corrected chi connectivity index (χ0v) is 11.5. The van der Waals surface area contributed by atoms with E-state index >= 15 is 0 Å². The number of carbonyl (C=O) groups is 1. The van der Waals surface area contributed by atoms with E-state index in [1.54, 1.807) is 12.4 Å². The molecular formula is C15H22N2O2. The van der Waals surface area contributed by atoms with Gasteiger partial charge >= 0.3 is 5.97 Å². The zero-order chi connectivity index (χ0) is 13.7. The molecule has 1 saturated carbocycles. The number of nitrogens with one attached hydrogen (secondary N) is 1. The fraction of sp³-hybridized carbons (Fsp3) is 0.600. The van der Waals surface area contributed by atoms with Crippen molar-refractivity contribution in [1.82, 2.24) is 4.98 Å². The number of carboxylic acid groups (broad SMARTS) is 1. The van der Waals surface area contributed by atoms with Crippen LogP contribution >= 0.6 is 0 Å². The molecule has 0 spiro atoms. The number of pyridine rings is 1. The third kappa shape index (κ3) is 3.25. The van der Waals surface area contributed by atoms with Crippen molar-refractivity contribution in [2.24, 2.45) is 5.41 Å². The van der Waals surface area contributed by atoms with Crippen LogP contribution in [-0.4, -0.2) is 22.6 Å². The summed E-state index contributed by atoms with van der Waals surface area (Å²) in [5, 5.41) is 12.9. The van der Waals surface area contributed by atoms with Crippen molar-refractivity contribution in [1.29, 1.82) is 0 Å². The lowest BCUT2D eigenvalue weighted by atomic mass is 9.80. The van der Waals surface area contributed by atoms with Gasteiger partial charge in [0.25, 0.3) is 0 Å². The smallest absolute Gasteiger partial charge is 0.311 e. The average molecular weight is 262 g/mol. The standard InChI is InChI=1S/C15H22N2O2/c1-12-10-16-9-6-13(12)17-11-15(14(18)19)7-4-2-3-5-8-15/h6,9-10H,2-5,7-8,11H2,1H3,(H,16,17)(H,18,19). The van der Waals surface area contributed by atoms with Crippen LogP contribution < -0.4 is 5.32 Å². The van der Waals surface area contributed by atoms with Crippen molar-refractivity contribution < 1.29 is 9.90 Å². The zero-order valence-electron chi connectivity index (χ0n) is 11.5. The second kappa shape index (κ2) is 6.04. The van der Waals surface area contributed by atoms with E-state index in [2.05, 4.69) is 10.3 Å². The van der Waals surface area contributed by atoms with Gasteiger partial charge in [0.1, 0.15) is 0 Å². The van der Waals surface area contributed by atoms with E-state index in [1.165, 1.54) is 0 Å². The first kappa shape index (κ1) is 13.8. The lowest BCUT2D eigenvalue weighted by Gasteiger charge is -2.29. The van der Waals surface area contributed by atoms with Gasteiger partial charge in [0.05, 0.1) is 5.41 Å². The highest BCUT2D eigenvalue weighted by atomic mass is 16.4. The maximum atomic E-state index is 11.7. The average Bonchev–Trinajstić information content (AvgIpc) is 2.64. The quantitative estimate of drug-likeness (QED) is 0.818. The first-order chi connectivity index (χ1) is 9.14. The van der Waals surface area contributed by atoms with Gasteiger partial charge in [-0.3, -0.25) is 9.78 Å². The summed E-state index contributed by atoms with van der Waals surface area (Å²) in [5.41, 5.74) is 1.43. The molecule has 0 amide bonds. The number of hydrogen-bond acceptors (Lipinski definition) is 3. The Morgan fingerprint density at radius 2 is 2.05 bits per heavy atom. The van der Waals surface area contributed by atoms with Gasteiger partial charge in [-0.15, -0.1) is 0 Å². The second-order valence-electron chi connectivity index (χ2n) is 5.54. The van der Waals surface area contributed by atoms with Crippen LogP contribution in [0.4, 0.5) is 5.69 Å². The molecule has 4 heteroatoms. The molecule has 0 saturated heterocycles. The maximum absolute atomic E-state index is 11.7. The van der Waals surface area contributed by atoms with Crippen LogP contribution in [-0.2, 0) is 4.79 Å². The predicted molar refractivity (Wildman–Crippen MR) is 75.2 cm³/mol. The van der Waals surface area contributed by atoms with Gasteiger partial charge in [0.15, 0.2) is 0 Å². The fourth-order valence-electron chi connectivity index (χ4n) is 2.81. The van der Waals surface area contributed by atoms with Crippen LogP contribution in [0.2, 0.25) is 0 Å². The molecule has 1 aromatic rings. The highest BCUT2D eigenvalue weighted by molar-refractivity contribution is 5.75. The molecule has 0 bridgehead atoms. The Bertz CT molecular complexity index is 438. The Labute approximate surface area is 114 Å². The molecule has 1 heterocycles. The van der Waals surface area contributed by atoms with Gasteiger partial charge in [-0.25, -0.2) is 0 Å². The van der Waals surface area contributed by atoms with Crippen molar-refractivity contribution in [2.75, 3.05) is 11.9 Å². The Hall–Kier alpha value is -1.58. The van der Waals surface area contributed by atoms with Gasteiger partial charge in [0, 0.05) is 24.6 Å². The Kier molecular flexibility index (Phi) is 4.40. The second-order valence-corrected chi connectivity index (χ2v) is 5.54. The number of anilines is 1. The number of rotatable bonds is 4. The van der Waals surface area contributed by atoms with Crippen molar-refractivity contribution in [3.63, 3.8) is 0 Å². The molecule has 2 N–H and O–H groups in total. The number of aromatic nitrogens is 1. The van der Waals surface area contributed by atoms with Crippen molar-refractivity contribution >= 4 is 11.7 Å². The molecule has 0 aromatic carbocycles. The van der Waals surface area contributed by atoms with E-state index in [0.29, 0.717) is 6.54 Å². The maximum Gasteiger partial charge on any atom is 0.311 e. The highest BCUT2D eigenvalue weighted by Gasteiger charge is 2.38. The SMILES string of the molecule is Cc1cnccc1NCC1(C(=O)O)CCCCCC1. The van der Waals surface area contributed by atoms with Crippen LogP contribution in [0.25, 0.3) is 0 Å². The van der Waals surface area contributed by atoms with Gasteiger partial charge in [-0.2, -0.15) is 0 Å². The minimum absolute atomic E-state index is 0.507. The molecule has 19 heavy (non-hydrogen) atoms. The van der Waals surface area contributed by atoms with E-state index in [0.717, 1.165) is 49.8 Å². The summed E-state index contributed by atoms with van der Waals surface area (Å²) < 4.78 is 0. The number of aryl methyl sites for hydroxylation is 1. The number of aliphatic carboxylic acids is 1. The van der Waals surface area contributed by atoms with Gasteiger partial charge < -0.3 is 10.4 Å². The lowest BCUT2D eigenvalue weighted by Crippen LogP contribution is -2.37. The van der Waals surface area contributed by atoms with Crippen LogP contribution in [0.15, 0.2) is 18.5 Å². The summed E-state index contributed by atoms with van der Waals surface area (Å²) in [4.78, 5) is 15.7. The minimum atomic E-state index is -0.659. The number of carboxylic acids is 1. The Morgan fingerprint density at radius 1 is 1.37 bits per heavy atom. The van der Waals surface area contributed by atoms with Crippen LogP contribution in [0.1, 0.15) is 44.1 Å². The molecule has 104 valence electrons. The van der Waals surface area contributed by atoms with E-state index in [-0.39, 0.29) is 0 Å². The molecule has 0 radical (unpaired) electrons. The first-order valence-electron chi connectivity index (χ1n) is 7.02. The van der Waals surface area contributed by atoms with Crippen LogP contribution in [0.3, 0.4) is 0 Å². The molecule has 1 aliphatic carbocycles. The number of nitrogens with zero attached hydrogens (tertiary/aromatic N) is 1. The van der Waals surface area contributed by atoms with Gasteiger partial charge in [0.2, 0.25) is 0 Å². The molecule has 4 nitrogen and oxygen atoms in total. The van der Waals surface area contributed by atoms with Crippen LogP contribution in [0, 0.1) is 12.3 Å². The molecule has 0 atom stereocenters. The van der Waals surface area contributed by atoms with Gasteiger partial charge in [-0.05, 0) is 31.4 Å². The van der Waals surface area contributed by atoms with Crippen molar-refractivity contribution in [2.45, 2.75) is 45.4 Å². The Balaban J connectivity index is 2.09. The normalized spacial score (nSPS) is 18.6. The first-order valence-corrected chi connectivity index (χ1v) is 7.02. The lowest BCUT2D eigenvalue weighted by molar-refractivity contribution is -0.149. The topological polar surface area (TPSA) is 62.2 Å². The minimum Gasteiger partial charge on any atom is -0.481 e. The summed E-state index contributed by atoms with van der Waals surface area (Å²) in [6.07, 6.45) is 9.43. The highest BCUT2D eigenvalue weighted by Crippen LogP contribution is 2.35. The summed E-state index contributed by atoms with van der Waals surface area (Å²) in [7, 11) is 0. The Morgan fingerprint density at radius 3 is 2.63 bits per heavy atom. The summed E-state index contributed by atoms with van der Waals surface area (Å²) >= 11 is 0. The van der Waals surface area contributed by atoms with Crippen LogP contribution in [0.5, 0.6) is 0 Å². The summed E-state index contributed by atoms with van der Waals surface area (Å²) in [6.45, 7) is 2.49. The molecule has 1 aliphatic rings. The van der Waals surface area contributed by atoms with E-state index < -0.39 is 11.4 Å². The molecule has 1 fully saturated rings. The third-order valence-electron chi connectivity index (χ3n) is 4.15. The fourth-order valence-corrected chi connectivity index (χ4v) is 2.81. The molecular weight excluding hydrogens is 240 g/mol. The molecule has 0 aliphatic heterocycles. The predicted octanol–water partition coefficient (Wildman–Crippen LogP) is 3.23. The number of hydrogen-bond donors (Lipinski definition) is 2. The summed E-state index contributed by atoms with van der Waals surface area (Å²) in [6, 6.07) is 1.90. The molecule has 1 aromatic heterocycles. The van der Waals surface area contributed by atoms with Crippen molar-refractivity contribution in [3.05, 3.63) is 24.0 Å².